The Hall–Kier alpha value is -2.18. The molecule has 0 bridgehead atoms. The zero-order valence-electron chi connectivity index (χ0n) is 7.29. The Morgan fingerprint density at radius 1 is 1.36 bits per heavy atom. The zero-order chi connectivity index (χ0) is 10.3. The smallest absolute Gasteiger partial charge is 0.277 e. The van der Waals surface area contributed by atoms with Crippen molar-refractivity contribution in [1.29, 1.82) is 0 Å². The van der Waals surface area contributed by atoms with E-state index in [1.54, 1.807) is 0 Å². The first kappa shape index (κ1) is 8.42. The molecule has 0 aliphatic carbocycles. The van der Waals surface area contributed by atoms with Crippen molar-refractivity contribution in [1.82, 2.24) is 19.9 Å². The largest absolute Gasteiger partial charge is 0.369 e. The lowest BCUT2D eigenvalue weighted by atomic mass is 10.4. The summed E-state index contributed by atoms with van der Waals surface area (Å²) in [6, 6.07) is 0. The number of fused-ring (bicyclic) bond motifs is 1. The number of aromatic amines is 2. The number of anilines is 1. The fourth-order valence-electron chi connectivity index (χ4n) is 1.09. The monoisotopic (exact) mass is 193 g/mol. The molecule has 7 nitrogen and oxygen atoms in total. The van der Waals surface area contributed by atoms with Gasteiger partial charge < -0.3 is 15.7 Å². The summed E-state index contributed by atoms with van der Waals surface area (Å²) in [5.41, 5.74) is 5.21. The maximum Gasteiger partial charge on any atom is 0.277 e. The molecular formula is C7H7N5O2. The number of hydrogen-bond acceptors (Lipinski definition) is 5. The van der Waals surface area contributed by atoms with E-state index in [-0.39, 0.29) is 28.7 Å². The van der Waals surface area contributed by atoms with Gasteiger partial charge in [-0.05, 0) is 0 Å². The molecule has 72 valence electrons. The van der Waals surface area contributed by atoms with Gasteiger partial charge in [-0.25, -0.2) is 4.98 Å². The Bertz CT molecular complexity index is 567. The number of nitrogen functional groups attached to an aromatic ring is 1. The summed E-state index contributed by atoms with van der Waals surface area (Å²) >= 11 is 0. The fourth-order valence-corrected chi connectivity index (χ4v) is 1.09. The molecule has 2 aromatic rings. The van der Waals surface area contributed by atoms with Crippen LogP contribution in [0.25, 0.3) is 11.2 Å². The minimum Gasteiger partial charge on any atom is -0.369 e. The molecule has 2 heterocycles. The molecule has 4 N–H and O–H groups in total. The number of nitrogens with zero attached hydrogens (tertiary/aromatic N) is 2. The Morgan fingerprint density at radius 2 is 2.07 bits per heavy atom. The molecule has 7 heteroatoms. The van der Waals surface area contributed by atoms with Gasteiger partial charge in [0.15, 0.2) is 28.7 Å². The number of H-pyrrole nitrogens is 2. The average Bonchev–Trinajstić information content (AvgIpc) is 2.45. The van der Waals surface area contributed by atoms with Crippen LogP contribution in [-0.2, 0) is 0 Å². The molecule has 14 heavy (non-hydrogen) atoms. The number of imidazole rings is 1. The number of hydrogen-bond donors (Lipinski definition) is 3. The fraction of sp³-hybridized carbons (Fsp3) is 0.143. The highest BCUT2D eigenvalue weighted by atomic mass is 16.1. The van der Waals surface area contributed by atoms with Crippen LogP contribution in [0.3, 0.4) is 0 Å². The molecule has 0 aliphatic rings. The van der Waals surface area contributed by atoms with Gasteiger partial charge in [0.1, 0.15) is 0 Å². The van der Waals surface area contributed by atoms with Gasteiger partial charge in [0.05, 0.1) is 0 Å². The molecular weight excluding hydrogens is 186 g/mol. The van der Waals surface area contributed by atoms with E-state index in [9.17, 15) is 9.59 Å². The number of nitrogens with one attached hydrogen (secondary N) is 2. The van der Waals surface area contributed by atoms with Crippen LogP contribution in [0.15, 0.2) is 4.79 Å². The average molecular weight is 193 g/mol. The number of ketones is 1. The van der Waals surface area contributed by atoms with Gasteiger partial charge in [-0.2, -0.15) is 4.98 Å². The number of nitrogens with two attached hydrogens (primary N) is 1. The molecule has 0 aromatic carbocycles. The third kappa shape index (κ3) is 1.15. The topological polar surface area (TPSA) is 118 Å². The Morgan fingerprint density at radius 3 is 2.71 bits per heavy atom. The molecule has 0 aliphatic heterocycles. The van der Waals surface area contributed by atoms with E-state index in [4.69, 9.17) is 5.73 Å². The second-order valence-electron chi connectivity index (χ2n) is 2.79. The highest BCUT2D eigenvalue weighted by Gasteiger charge is 2.10. The Kier molecular flexibility index (Phi) is 1.60. The van der Waals surface area contributed by atoms with Crippen molar-refractivity contribution in [3.8, 4) is 0 Å². The van der Waals surface area contributed by atoms with Crippen LogP contribution in [0, 0.1) is 0 Å². The van der Waals surface area contributed by atoms with Crippen LogP contribution in [0.4, 0.5) is 5.95 Å². The van der Waals surface area contributed by atoms with E-state index in [2.05, 4.69) is 19.9 Å². The summed E-state index contributed by atoms with van der Waals surface area (Å²) in [4.78, 5) is 34.7. The summed E-state index contributed by atoms with van der Waals surface area (Å²) in [7, 11) is 0. The molecule has 0 atom stereocenters. The molecule has 0 saturated heterocycles. The summed E-state index contributed by atoms with van der Waals surface area (Å²) in [5.74, 6) is -0.252. The minimum absolute atomic E-state index is 0.0194. The van der Waals surface area contributed by atoms with Crippen molar-refractivity contribution < 1.29 is 4.79 Å². The van der Waals surface area contributed by atoms with E-state index in [0.29, 0.717) is 0 Å². The van der Waals surface area contributed by atoms with Crippen molar-refractivity contribution in [3.05, 3.63) is 16.2 Å². The third-order valence-corrected chi connectivity index (χ3v) is 1.71. The maximum absolute atomic E-state index is 11.3. The normalized spacial score (nSPS) is 10.6. The predicted octanol–water partition coefficient (Wildman–Crippen LogP) is -0.569. The van der Waals surface area contributed by atoms with Crippen LogP contribution in [0.2, 0.25) is 0 Å². The van der Waals surface area contributed by atoms with Crippen molar-refractivity contribution in [3.63, 3.8) is 0 Å². The lowest BCUT2D eigenvalue weighted by Crippen LogP contribution is -2.14. The SMILES string of the molecule is CC(=O)c1nc2nc(N)[nH]c2c(=O)[nH]1. The maximum atomic E-state index is 11.3. The molecule has 0 saturated carbocycles. The molecule has 0 fully saturated rings. The Balaban J connectivity index is 2.84. The second kappa shape index (κ2) is 2.66. The van der Waals surface area contributed by atoms with E-state index in [1.165, 1.54) is 6.92 Å². The molecule has 0 amide bonds. The van der Waals surface area contributed by atoms with Gasteiger partial charge in [-0.1, -0.05) is 0 Å². The summed E-state index contributed by atoms with van der Waals surface area (Å²) in [6.45, 7) is 1.31. The van der Waals surface area contributed by atoms with Crippen LogP contribution in [0.5, 0.6) is 0 Å². The van der Waals surface area contributed by atoms with Gasteiger partial charge in [-0.3, -0.25) is 9.59 Å². The highest BCUT2D eigenvalue weighted by molar-refractivity contribution is 5.91. The molecule has 0 spiro atoms. The molecule has 0 unspecified atom stereocenters. The third-order valence-electron chi connectivity index (χ3n) is 1.71. The van der Waals surface area contributed by atoms with E-state index >= 15 is 0 Å². The number of carbonyl (C=O) groups excluding carboxylic acids is 1. The number of rotatable bonds is 1. The first-order chi connectivity index (χ1) is 6.58. The second-order valence-corrected chi connectivity index (χ2v) is 2.79. The molecule has 2 aromatic heterocycles. The van der Waals surface area contributed by atoms with Crippen LogP contribution in [0.1, 0.15) is 17.5 Å². The van der Waals surface area contributed by atoms with Crippen molar-refractivity contribution in [2.45, 2.75) is 6.92 Å². The van der Waals surface area contributed by atoms with E-state index in [1.807, 2.05) is 0 Å². The van der Waals surface area contributed by atoms with Crippen LogP contribution >= 0.6 is 0 Å². The summed E-state index contributed by atoms with van der Waals surface area (Å²) in [6.07, 6.45) is 0. The first-order valence-electron chi connectivity index (χ1n) is 3.84. The first-order valence-corrected chi connectivity index (χ1v) is 3.84. The predicted molar refractivity (Wildman–Crippen MR) is 48.9 cm³/mol. The van der Waals surface area contributed by atoms with Gasteiger partial charge in [0.25, 0.3) is 5.56 Å². The number of carbonyl (C=O) groups is 1. The summed E-state index contributed by atoms with van der Waals surface area (Å²) < 4.78 is 0. The molecule has 2 rings (SSSR count). The highest BCUT2D eigenvalue weighted by Crippen LogP contribution is 2.04. The number of aromatic nitrogens is 4. The van der Waals surface area contributed by atoms with Crippen molar-refractivity contribution in [2.75, 3.05) is 5.73 Å². The lowest BCUT2D eigenvalue weighted by Gasteiger charge is -1.92. The van der Waals surface area contributed by atoms with Gasteiger partial charge in [0.2, 0.25) is 0 Å². The lowest BCUT2D eigenvalue weighted by molar-refractivity contribution is 0.100. The van der Waals surface area contributed by atoms with Crippen molar-refractivity contribution >= 4 is 22.9 Å². The minimum atomic E-state index is -0.454. The van der Waals surface area contributed by atoms with Gasteiger partial charge in [-0.15, -0.1) is 0 Å². The zero-order valence-corrected chi connectivity index (χ0v) is 7.29. The van der Waals surface area contributed by atoms with Gasteiger partial charge in [0, 0.05) is 6.92 Å². The van der Waals surface area contributed by atoms with Crippen molar-refractivity contribution in [2.24, 2.45) is 0 Å². The van der Waals surface area contributed by atoms with E-state index < -0.39 is 5.56 Å². The van der Waals surface area contributed by atoms with E-state index in [0.717, 1.165) is 0 Å². The standard InChI is InChI=1S/C7H7N5O2/c1-2(13)4-10-5-3(6(14)11-4)9-7(8)12-5/h1H3,(H4,8,9,10,11,12,14). The van der Waals surface area contributed by atoms with Crippen LogP contribution in [-0.4, -0.2) is 25.7 Å². The van der Waals surface area contributed by atoms with Crippen LogP contribution < -0.4 is 11.3 Å². The summed E-state index contributed by atoms with van der Waals surface area (Å²) in [5, 5.41) is 0. The van der Waals surface area contributed by atoms with Gasteiger partial charge >= 0.3 is 0 Å². The molecule has 0 radical (unpaired) electrons. The Labute approximate surface area is 77.4 Å². The number of Topliss-reactive ketones (excluding diaryl/α,β-unsaturated/α-hetero) is 1. The quantitative estimate of drug-likeness (QED) is 0.524.